The van der Waals surface area contributed by atoms with E-state index in [2.05, 4.69) is 35.7 Å². The second-order valence-electron chi connectivity index (χ2n) is 6.37. The van der Waals surface area contributed by atoms with Crippen molar-refractivity contribution in [2.45, 2.75) is 37.8 Å². The fourth-order valence-electron chi connectivity index (χ4n) is 2.96. The van der Waals surface area contributed by atoms with Gasteiger partial charge < -0.3 is 20.3 Å². The molecule has 2 atom stereocenters. The molecule has 2 amide bonds. The molecule has 1 aliphatic carbocycles. The molecule has 6 heteroatoms. The standard InChI is InChI=1S/C18H26N4O2/c1-22(2)16-5-3-4-15(12-16)21-18(23)20-10-11-24-17-8-6-14(13-19)7-9-17/h6-9,15-16H,3-5,10-12H2,1-2H3,(H2,20,21,23)/t15-,16-/m1/s1. The highest BCUT2D eigenvalue weighted by Crippen LogP contribution is 2.21. The van der Waals surface area contributed by atoms with Crippen LogP contribution in [0.1, 0.15) is 31.2 Å². The average molecular weight is 330 g/mol. The third-order valence-electron chi connectivity index (χ3n) is 4.35. The SMILES string of the molecule is CN(C)[C@@H]1CCC[C@@H](NC(=O)NCCOc2ccc(C#N)cc2)C1. The minimum Gasteiger partial charge on any atom is -0.492 e. The first kappa shape index (κ1) is 18.1. The number of rotatable bonds is 6. The van der Waals surface area contributed by atoms with Gasteiger partial charge in [-0.25, -0.2) is 4.79 Å². The molecule has 1 aliphatic rings. The molecule has 0 radical (unpaired) electrons. The van der Waals surface area contributed by atoms with Crippen molar-refractivity contribution < 1.29 is 9.53 Å². The summed E-state index contributed by atoms with van der Waals surface area (Å²) in [6.07, 6.45) is 4.39. The molecule has 130 valence electrons. The van der Waals surface area contributed by atoms with Crippen molar-refractivity contribution >= 4 is 6.03 Å². The summed E-state index contributed by atoms with van der Waals surface area (Å²) in [5.74, 6) is 0.692. The Labute approximate surface area is 143 Å². The number of benzene rings is 1. The first-order chi connectivity index (χ1) is 11.6. The maximum Gasteiger partial charge on any atom is 0.315 e. The molecule has 2 rings (SSSR count). The van der Waals surface area contributed by atoms with Crippen molar-refractivity contribution in [3.8, 4) is 11.8 Å². The molecule has 0 saturated heterocycles. The Hall–Kier alpha value is -2.26. The topological polar surface area (TPSA) is 77.4 Å². The predicted octanol–water partition coefficient (Wildman–Crippen LogP) is 2.11. The van der Waals surface area contributed by atoms with Crippen molar-refractivity contribution in [3.63, 3.8) is 0 Å². The second-order valence-corrected chi connectivity index (χ2v) is 6.37. The number of carbonyl (C=O) groups excluding carboxylic acids is 1. The van der Waals surface area contributed by atoms with Crippen LogP contribution in [0.3, 0.4) is 0 Å². The van der Waals surface area contributed by atoms with Crippen LogP contribution < -0.4 is 15.4 Å². The number of nitriles is 1. The molecule has 1 fully saturated rings. The zero-order chi connectivity index (χ0) is 17.4. The van der Waals surface area contributed by atoms with Crippen molar-refractivity contribution in [2.75, 3.05) is 27.2 Å². The van der Waals surface area contributed by atoms with Gasteiger partial charge in [0, 0.05) is 12.1 Å². The summed E-state index contributed by atoms with van der Waals surface area (Å²) in [6, 6.07) is 9.63. The first-order valence-corrected chi connectivity index (χ1v) is 8.42. The fraction of sp³-hybridized carbons (Fsp3) is 0.556. The Morgan fingerprint density at radius 1 is 1.33 bits per heavy atom. The van der Waals surface area contributed by atoms with Crippen LogP contribution in [0.4, 0.5) is 4.79 Å². The average Bonchev–Trinajstić information content (AvgIpc) is 2.59. The van der Waals surface area contributed by atoms with Crippen LogP contribution >= 0.6 is 0 Å². The van der Waals surface area contributed by atoms with Gasteiger partial charge in [-0.05, 0) is 64.0 Å². The minimum absolute atomic E-state index is 0.136. The monoisotopic (exact) mass is 330 g/mol. The van der Waals surface area contributed by atoms with Gasteiger partial charge in [-0.1, -0.05) is 0 Å². The van der Waals surface area contributed by atoms with Gasteiger partial charge in [-0.3, -0.25) is 0 Å². The van der Waals surface area contributed by atoms with E-state index >= 15 is 0 Å². The number of carbonyl (C=O) groups is 1. The molecule has 1 aromatic rings. The number of amides is 2. The zero-order valence-corrected chi connectivity index (χ0v) is 14.4. The largest absolute Gasteiger partial charge is 0.492 e. The molecule has 0 heterocycles. The summed E-state index contributed by atoms with van der Waals surface area (Å²) in [4.78, 5) is 14.2. The summed E-state index contributed by atoms with van der Waals surface area (Å²) < 4.78 is 5.54. The molecule has 1 aromatic carbocycles. The third kappa shape index (κ3) is 5.74. The summed E-state index contributed by atoms with van der Waals surface area (Å²) in [5, 5.41) is 14.6. The Morgan fingerprint density at radius 2 is 2.08 bits per heavy atom. The second kappa shape index (κ2) is 9.14. The third-order valence-corrected chi connectivity index (χ3v) is 4.35. The Kier molecular flexibility index (Phi) is 6.89. The van der Waals surface area contributed by atoms with Gasteiger partial charge in [0.1, 0.15) is 12.4 Å². The van der Waals surface area contributed by atoms with E-state index in [1.54, 1.807) is 24.3 Å². The van der Waals surface area contributed by atoms with Crippen molar-refractivity contribution in [3.05, 3.63) is 29.8 Å². The molecule has 6 nitrogen and oxygen atoms in total. The lowest BCUT2D eigenvalue weighted by Crippen LogP contribution is -2.47. The molecule has 0 unspecified atom stereocenters. The minimum atomic E-state index is -0.136. The predicted molar refractivity (Wildman–Crippen MR) is 92.9 cm³/mol. The van der Waals surface area contributed by atoms with Crippen LogP contribution in [-0.4, -0.2) is 50.3 Å². The summed E-state index contributed by atoms with van der Waals surface area (Å²) >= 11 is 0. The lowest BCUT2D eigenvalue weighted by atomic mass is 9.90. The Morgan fingerprint density at radius 3 is 2.75 bits per heavy atom. The van der Waals surface area contributed by atoms with E-state index in [0.717, 1.165) is 19.3 Å². The number of nitrogens with zero attached hydrogens (tertiary/aromatic N) is 2. The van der Waals surface area contributed by atoms with E-state index in [1.807, 2.05) is 0 Å². The van der Waals surface area contributed by atoms with Crippen LogP contribution in [0, 0.1) is 11.3 Å². The lowest BCUT2D eigenvalue weighted by molar-refractivity contribution is 0.192. The number of nitrogens with one attached hydrogen (secondary N) is 2. The molecule has 1 saturated carbocycles. The molecule has 0 spiro atoms. The molecular formula is C18H26N4O2. The molecule has 0 aliphatic heterocycles. The first-order valence-electron chi connectivity index (χ1n) is 8.42. The highest BCUT2D eigenvalue weighted by Gasteiger charge is 2.24. The van der Waals surface area contributed by atoms with E-state index in [4.69, 9.17) is 10.00 Å². The summed E-state index contributed by atoms with van der Waals surface area (Å²) in [6.45, 7) is 0.833. The van der Waals surface area contributed by atoms with Gasteiger partial charge in [-0.15, -0.1) is 0 Å². The quantitative estimate of drug-likeness (QED) is 0.783. The van der Waals surface area contributed by atoms with Crippen molar-refractivity contribution in [1.82, 2.24) is 15.5 Å². The van der Waals surface area contributed by atoms with Crippen LogP contribution in [0.15, 0.2) is 24.3 Å². The van der Waals surface area contributed by atoms with E-state index in [-0.39, 0.29) is 12.1 Å². The number of urea groups is 1. The van der Waals surface area contributed by atoms with Crippen LogP contribution in [0.2, 0.25) is 0 Å². The normalized spacial score (nSPS) is 20.2. The Balaban J connectivity index is 1.63. The van der Waals surface area contributed by atoms with E-state index in [1.165, 1.54) is 6.42 Å². The van der Waals surface area contributed by atoms with Gasteiger partial charge >= 0.3 is 6.03 Å². The van der Waals surface area contributed by atoms with Crippen LogP contribution in [0.5, 0.6) is 5.75 Å². The molecule has 24 heavy (non-hydrogen) atoms. The number of ether oxygens (including phenoxy) is 1. The van der Waals surface area contributed by atoms with Gasteiger partial charge in [0.05, 0.1) is 18.2 Å². The van der Waals surface area contributed by atoms with Crippen LogP contribution in [0.25, 0.3) is 0 Å². The number of hydrogen-bond acceptors (Lipinski definition) is 4. The van der Waals surface area contributed by atoms with E-state index in [9.17, 15) is 4.79 Å². The van der Waals surface area contributed by atoms with Gasteiger partial charge in [0.25, 0.3) is 0 Å². The highest BCUT2D eigenvalue weighted by atomic mass is 16.5. The number of hydrogen-bond donors (Lipinski definition) is 2. The van der Waals surface area contributed by atoms with Gasteiger partial charge in [-0.2, -0.15) is 5.26 Å². The molecule has 0 bridgehead atoms. The smallest absolute Gasteiger partial charge is 0.315 e. The zero-order valence-electron chi connectivity index (χ0n) is 14.4. The molecule has 2 N–H and O–H groups in total. The van der Waals surface area contributed by atoms with Gasteiger partial charge in [0.2, 0.25) is 0 Å². The summed E-state index contributed by atoms with van der Waals surface area (Å²) in [7, 11) is 4.18. The molecule has 0 aromatic heterocycles. The van der Waals surface area contributed by atoms with Crippen molar-refractivity contribution in [1.29, 1.82) is 5.26 Å². The fourth-order valence-corrected chi connectivity index (χ4v) is 2.96. The van der Waals surface area contributed by atoms with E-state index < -0.39 is 0 Å². The Bertz CT molecular complexity index is 565. The maximum absolute atomic E-state index is 12.0. The maximum atomic E-state index is 12.0. The highest BCUT2D eigenvalue weighted by molar-refractivity contribution is 5.74. The molecular weight excluding hydrogens is 304 g/mol. The van der Waals surface area contributed by atoms with Crippen molar-refractivity contribution in [2.24, 2.45) is 0 Å². The van der Waals surface area contributed by atoms with Gasteiger partial charge in [0.15, 0.2) is 0 Å². The van der Waals surface area contributed by atoms with E-state index in [0.29, 0.717) is 30.5 Å². The summed E-state index contributed by atoms with van der Waals surface area (Å²) in [5.41, 5.74) is 0.600. The van der Waals surface area contributed by atoms with Crippen LogP contribution in [-0.2, 0) is 0 Å². The lowest BCUT2D eigenvalue weighted by Gasteiger charge is -2.33.